The highest BCUT2D eigenvalue weighted by Gasteiger charge is 2.36. The van der Waals surface area contributed by atoms with Crippen LogP contribution >= 0.6 is 0 Å². The molecule has 9 heteroatoms. The monoisotopic (exact) mass is 422 g/mol. The van der Waals surface area contributed by atoms with Gasteiger partial charge in [0.05, 0.1) is 6.54 Å². The van der Waals surface area contributed by atoms with E-state index in [-0.39, 0.29) is 30.0 Å². The van der Waals surface area contributed by atoms with Gasteiger partial charge in [-0.25, -0.2) is 9.97 Å². The van der Waals surface area contributed by atoms with Crippen molar-refractivity contribution in [3.8, 4) is 0 Å². The molecule has 4 rings (SSSR count). The molecule has 2 aliphatic heterocycles. The summed E-state index contributed by atoms with van der Waals surface area (Å²) in [5, 5.41) is 0. The Morgan fingerprint density at radius 3 is 2.67 bits per heavy atom. The number of hydrogen-bond acceptors (Lipinski definition) is 5. The van der Waals surface area contributed by atoms with Crippen molar-refractivity contribution in [1.82, 2.24) is 19.8 Å². The van der Waals surface area contributed by atoms with Crippen molar-refractivity contribution in [3.63, 3.8) is 0 Å². The number of furan rings is 1. The third-order valence-electron chi connectivity index (χ3n) is 5.74. The van der Waals surface area contributed by atoms with Crippen LogP contribution in [0.1, 0.15) is 65.6 Å². The molecule has 0 aromatic carbocycles. The number of amides is 1. The number of rotatable bonds is 5. The van der Waals surface area contributed by atoms with Gasteiger partial charge in [-0.15, -0.1) is 0 Å². The molecule has 0 aliphatic carbocycles. The second kappa shape index (κ2) is 8.37. The van der Waals surface area contributed by atoms with E-state index in [1.54, 1.807) is 17.9 Å². The maximum absolute atomic E-state index is 13.2. The fourth-order valence-electron chi connectivity index (χ4n) is 4.08. The fourth-order valence-corrected chi connectivity index (χ4v) is 4.08. The number of carbonyl (C=O) groups excluding carboxylic acids is 1. The van der Waals surface area contributed by atoms with Crippen LogP contribution < -0.4 is 0 Å². The summed E-state index contributed by atoms with van der Waals surface area (Å²) in [6.45, 7) is 5.24. The fraction of sp³-hybridized carbons (Fsp3) is 0.571. The van der Waals surface area contributed by atoms with Gasteiger partial charge in [0, 0.05) is 24.7 Å². The molecule has 0 bridgehead atoms. The van der Waals surface area contributed by atoms with E-state index in [0.717, 1.165) is 24.9 Å². The van der Waals surface area contributed by atoms with Gasteiger partial charge in [-0.3, -0.25) is 9.69 Å². The predicted molar refractivity (Wildman–Crippen MR) is 103 cm³/mol. The van der Waals surface area contributed by atoms with E-state index in [1.807, 2.05) is 6.07 Å². The first-order valence-corrected chi connectivity index (χ1v) is 10.4. The van der Waals surface area contributed by atoms with Gasteiger partial charge in [0.25, 0.3) is 5.91 Å². The van der Waals surface area contributed by atoms with Gasteiger partial charge in [-0.2, -0.15) is 13.2 Å². The highest BCUT2D eigenvalue weighted by molar-refractivity contribution is 5.91. The van der Waals surface area contributed by atoms with Crippen LogP contribution in [0.4, 0.5) is 13.2 Å². The largest absolute Gasteiger partial charge is 0.455 e. The lowest BCUT2D eigenvalue weighted by Gasteiger charge is -2.16. The molecule has 1 unspecified atom stereocenters. The average Bonchev–Trinajstić information content (AvgIpc) is 3.48. The van der Waals surface area contributed by atoms with Crippen molar-refractivity contribution in [2.24, 2.45) is 0 Å². The normalized spacial score (nSPS) is 20.3. The van der Waals surface area contributed by atoms with Gasteiger partial charge in [0.2, 0.25) is 0 Å². The van der Waals surface area contributed by atoms with E-state index in [0.29, 0.717) is 31.6 Å². The Balaban J connectivity index is 1.44. The highest BCUT2D eigenvalue weighted by Crippen LogP contribution is 2.32. The summed E-state index contributed by atoms with van der Waals surface area (Å²) < 4.78 is 45.3. The van der Waals surface area contributed by atoms with Gasteiger partial charge in [0.15, 0.2) is 5.76 Å². The molecule has 0 N–H and O–H groups in total. The first-order chi connectivity index (χ1) is 14.3. The quantitative estimate of drug-likeness (QED) is 0.732. The second-order valence-electron chi connectivity index (χ2n) is 7.94. The number of aromatic nitrogens is 2. The van der Waals surface area contributed by atoms with Crippen molar-refractivity contribution < 1.29 is 22.4 Å². The third-order valence-corrected chi connectivity index (χ3v) is 5.74. The van der Waals surface area contributed by atoms with Crippen LogP contribution in [-0.4, -0.2) is 51.9 Å². The first kappa shape index (κ1) is 20.8. The first-order valence-electron chi connectivity index (χ1n) is 10.4. The summed E-state index contributed by atoms with van der Waals surface area (Å²) in [6, 6.07) is 4.49. The third kappa shape index (κ3) is 4.50. The Morgan fingerprint density at radius 1 is 1.20 bits per heavy atom. The number of halogens is 3. The van der Waals surface area contributed by atoms with Crippen molar-refractivity contribution in [2.75, 3.05) is 26.2 Å². The molecule has 1 amide bonds. The van der Waals surface area contributed by atoms with E-state index in [9.17, 15) is 18.0 Å². The number of nitrogens with zero attached hydrogens (tertiary/aromatic N) is 4. The summed E-state index contributed by atoms with van der Waals surface area (Å²) >= 11 is 0. The molecule has 2 aromatic heterocycles. The molecular formula is C21H25F3N4O2. The SMILES string of the molecule is CCc1cc(C(F)(F)F)nc(C2CCN(C(=O)c3ccc(CN4CCCC4)o3)C2)n1. The van der Waals surface area contributed by atoms with Crippen molar-refractivity contribution in [3.05, 3.63) is 46.9 Å². The topological polar surface area (TPSA) is 62.5 Å². The number of carbonyl (C=O) groups is 1. The molecule has 2 aromatic rings. The van der Waals surface area contributed by atoms with E-state index in [4.69, 9.17) is 4.42 Å². The standard InChI is InChI=1S/C21H25F3N4O2/c1-2-15-11-18(21(22,23)24)26-19(25-15)14-7-10-28(12-14)20(29)17-6-5-16(30-17)13-27-8-3-4-9-27/h5-6,11,14H,2-4,7-10,12-13H2,1H3. The predicted octanol–water partition coefficient (Wildman–Crippen LogP) is 3.88. The zero-order valence-corrected chi connectivity index (χ0v) is 16.9. The van der Waals surface area contributed by atoms with Crippen LogP contribution in [0.25, 0.3) is 0 Å². The number of aryl methyl sites for hydroxylation is 1. The molecule has 2 fully saturated rings. The molecule has 0 radical (unpaired) electrons. The van der Waals surface area contributed by atoms with Gasteiger partial charge in [-0.05, 0) is 57.0 Å². The summed E-state index contributed by atoms with van der Waals surface area (Å²) in [5.41, 5.74) is -0.568. The van der Waals surface area contributed by atoms with Crippen molar-refractivity contribution >= 4 is 5.91 Å². The molecular weight excluding hydrogens is 397 g/mol. The van der Waals surface area contributed by atoms with Crippen LogP contribution in [0.2, 0.25) is 0 Å². The van der Waals surface area contributed by atoms with Gasteiger partial charge >= 0.3 is 6.18 Å². The van der Waals surface area contributed by atoms with E-state index in [2.05, 4.69) is 14.9 Å². The van der Waals surface area contributed by atoms with E-state index >= 15 is 0 Å². The lowest BCUT2D eigenvalue weighted by molar-refractivity contribution is -0.141. The van der Waals surface area contributed by atoms with Crippen molar-refractivity contribution in [1.29, 1.82) is 0 Å². The lowest BCUT2D eigenvalue weighted by Crippen LogP contribution is -2.28. The molecule has 4 heterocycles. The van der Waals surface area contributed by atoms with Crippen molar-refractivity contribution in [2.45, 2.75) is 51.2 Å². The van der Waals surface area contributed by atoms with Crippen LogP contribution in [0.3, 0.4) is 0 Å². The van der Waals surface area contributed by atoms with Gasteiger partial charge in [-0.1, -0.05) is 6.92 Å². The smallest absolute Gasteiger partial charge is 0.433 e. The Bertz CT molecular complexity index is 906. The summed E-state index contributed by atoms with van der Waals surface area (Å²) in [7, 11) is 0. The Hall–Kier alpha value is -2.42. The Kier molecular flexibility index (Phi) is 5.81. The molecule has 0 saturated carbocycles. The molecule has 162 valence electrons. The van der Waals surface area contributed by atoms with Gasteiger partial charge in [0.1, 0.15) is 17.3 Å². The van der Waals surface area contributed by atoms with E-state index < -0.39 is 11.9 Å². The minimum absolute atomic E-state index is 0.158. The minimum atomic E-state index is -4.52. The maximum Gasteiger partial charge on any atom is 0.433 e. The van der Waals surface area contributed by atoms with Crippen LogP contribution in [-0.2, 0) is 19.1 Å². The molecule has 30 heavy (non-hydrogen) atoms. The van der Waals surface area contributed by atoms with Gasteiger partial charge < -0.3 is 9.32 Å². The lowest BCUT2D eigenvalue weighted by atomic mass is 10.1. The molecule has 6 nitrogen and oxygen atoms in total. The Labute approximate surface area is 173 Å². The molecule has 2 aliphatic rings. The highest BCUT2D eigenvalue weighted by atomic mass is 19.4. The van der Waals surface area contributed by atoms with Crippen LogP contribution in [0, 0.1) is 0 Å². The van der Waals surface area contributed by atoms with E-state index in [1.165, 1.54) is 12.8 Å². The van der Waals surface area contributed by atoms with Crippen LogP contribution in [0.15, 0.2) is 22.6 Å². The maximum atomic E-state index is 13.2. The molecule has 2 saturated heterocycles. The minimum Gasteiger partial charge on any atom is -0.455 e. The number of likely N-dealkylation sites (tertiary alicyclic amines) is 2. The molecule has 1 atom stereocenters. The summed E-state index contributed by atoms with van der Waals surface area (Å²) in [4.78, 5) is 24.8. The summed E-state index contributed by atoms with van der Waals surface area (Å²) in [6.07, 6.45) is -1.24. The number of hydrogen-bond donors (Lipinski definition) is 0. The molecule has 0 spiro atoms. The number of alkyl halides is 3. The zero-order valence-electron chi connectivity index (χ0n) is 16.9. The zero-order chi connectivity index (χ0) is 21.3. The average molecular weight is 422 g/mol. The second-order valence-corrected chi connectivity index (χ2v) is 7.94. The Morgan fingerprint density at radius 2 is 1.97 bits per heavy atom. The summed E-state index contributed by atoms with van der Waals surface area (Å²) in [5.74, 6) is 0.619. The van der Waals surface area contributed by atoms with Crippen LogP contribution in [0.5, 0.6) is 0 Å².